The Morgan fingerprint density at radius 1 is 0.390 bits per heavy atom. The molecule has 6 aromatic rings. The van der Waals surface area contributed by atoms with Crippen molar-refractivity contribution in [2.24, 2.45) is 0 Å². The van der Waals surface area contributed by atoms with Gasteiger partial charge >= 0.3 is 35.6 Å². The van der Waals surface area contributed by atoms with Gasteiger partial charge in [-0.25, -0.2) is 0 Å². The van der Waals surface area contributed by atoms with Crippen LogP contribution in [0.25, 0.3) is 0 Å². The Balaban J connectivity index is 0.000000327. The first-order valence-electron chi connectivity index (χ1n) is 18.4. The van der Waals surface area contributed by atoms with E-state index in [0.29, 0.717) is 0 Å². The van der Waals surface area contributed by atoms with Gasteiger partial charge in [0, 0.05) is 21.3 Å². The van der Waals surface area contributed by atoms with Gasteiger partial charge in [-0.2, -0.15) is 0 Å². The zero-order valence-electron chi connectivity index (χ0n) is 33.0. The summed E-state index contributed by atoms with van der Waals surface area (Å²) in [7, 11) is -12.6. The van der Waals surface area contributed by atoms with Crippen LogP contribution in [0, 0.1) is 27.7 Å². The fraction of sp³-hybridized carbons (Fsp3) is 0.182. The third kappa shape index (κ3) is 22.5. The van der Waals surface area contributed by atoms with Gasteiger partial charge in [-0.05, 0) is 100 Å². The van der Waals surface area contributed by atoms with Crippen molar-refractivity contribution in [2.75, 3.05) is 23.8 Å². The molecule has 6 rings (SSSR count). The minimum absolute atomic E-state index is 0. The monoisotopic (exact) mass is 1070 g/mol. The van der Waals surface area contributed by atoms with Crippen molar-refractivity contribution in [3.05, 3.63) is 180 Å². The number of thioether (sulfide) groups is 2. The van der Waals surface area contributed by atoms with Crippen LogP contribution in [0.3, 0.4) is 0 Å². The number of aryl methyl sites for hydroxylation is 4. The average molecular weight is 1070 g/mol. The molecule has 0 nitrogen and oxygen atoms in total. The van der Waals surface area contributed by atoms with Crippen molar-refractivity contribution < 1.29 is 55.6 Å². The van der Waals surface area contributed by atoms with Crippen molar-refractivity contribution in [1.29, 1.82) is 0 Å². The summed E-state index contributed by atoms with van der Waals surface area (Å²) in [6.45, 7) is 8.75. The molecule has 316 valence electrons. The summed E-state index contributed by atoms with van der Waals surface area (Å²) in [5.41, 5.74) is 5.47. The number of benzene rings is 6. The molecule has 0 N–H and O–H groups in total. The van der Waals surface area contributed by atoms with Crippen LogP contribution in [0.4, 0.5) is 34.5 Å². The number of hydrogen-bond donors (Lipinski definition) is 0. The minimum Gasteiger partial charge on any atom is -0.418 e. The predicted molar refractivity (Wildman–Crippen MR) is 242 cm³/mol. The first kappa shape index (κ1) is 52.3. The van der Waals surface area contributed by atoms with E-state index in [1.165, 1.54) is 65.6 Å². The zero-order chi connectivity index (χ0) is 42.6. The molecule has 0 saturated carbocycles. The smallest absolute Gasteiger partial charge is 0.418 e. The Morgan fingerprint density at radius 3 is 0.847 bits per heavy atom. The van der Waals surface area contributed by atoms with Crippen molar-refractivity contribution >= 4 is 75.1 Å². The van der Waals surface area contributed by atoms with Gasteiger partial charge in [0.05, 0.1) is 0 Å². The molecule has 0 bridgehead atoms. The number of rotatable bonds is 12. The van der Waals surface area contributed by atoms with E-state index < -0.39 is 14.5 Å². The second-order valence-electron chi connectivity index (χ2n) is 12.9. The van der Waals surface area contributed by atoms with Crippen LogP contribution in [0.15, 0.2) is 168 Å². The van der Waals surface area contributed by atoms with Crippen LogP contribution in [0.1, 0.15) is 22.3 Å². The average Bonchev–Trinajstić information content (AvgIpc) is 3.17. The Kier molecular flexibility index (Phi) is 24.1. The van der Waals surface area contributed by atoms with Crippen molar-refractivity contribution in [1.82, 2.24) is 0 Å². The fourth-order valence-electron chi connectivity index (χ4n) is 5.66. The number of hydrogen-bond acceptors (Lipinski definition) is 2. The molecule has 0 saturated heterocycles. The van der Waals surface area contributed by atoms with E-state index in [-0.39, 0.29) is 36.9 Å². The standard InChI is InChI=1S/2C22H23PS.2BF4.Pt/c2*1-18-13-14-22(19(2)17-18)24-16-15-23(20-9-5-3-6-10-20)21-11-7-4-8-12-21;2*2-1(3,4)5;/h2*3-14,17H,15-16H2,1-2H3;;;/q;;2*-1;+2. The van der Waals surface area contributed by atoms with E-state index in [0.717, 1.165) is 11.5 Å². The van der Waals surface area contributed by atoms with Crippen LogP contribution in [-0.2, 0) is 21.1 Å². The van der Waals surface area contributed by atoms with Crippen LogP contribution >= 0.6 is 39.4 Å². The van der Waals surface area contributed by atoms with Gasteiger partial charge in [-0.3, -0.25) is 0 Å². The van der Waals surface area contributed by atoms with E-state index in [9.17, 15) is 34.5 Å². The molecule has 15 heteroatoms. The second kappa shape index (κ2) is 27.2. The van der Waals surface area contributed by atoms with E-state index in [4.69, 9.17) is 0 Å². The molecule has 0 unspecified atom stereocenters. The maximum atomic E-state index is 9.75. The quantitative estimate of drug-likeness (QED) is 0.0518. The molecule has 0 aliphatic rings. The molecule has 0 radical (unpaired) electrons. The minimum atomic E-state index is -6.00. The van der Waals surface area contributed by atoms with Gasteiger partial charge in [0.2, 0.25) is 0 Å². The van der Waals surface area contributed by atoms with Gasteiger partial charge in [0.15, 0.2) is 0 Å². The Hall–Kier alpha value is -2.86. The molecule has 6 aromatic carbocycles. The Labute approximate surface area is 369 Å². The zero-order valence-corrected chi connectivity index (χ0v) is 38.7. The van der Waals surface area contributed by atoms with Gasteiger partial charge in [0.25, 0.3) is 0 Å². The summed E-state index contributed by atoms with van der Waals surface area (Å²) in [4.78, 5) is 2.83. The van der Waals surface area contributed by atoms with Crippen LogP contribution in [0.5, 0.6) is 0 Å². The van der Waals surface area contributed by atoms with Gasteiger partial charge < -0.3 is 34.5 Å². The molecule has 0 fully saturated rings. The molecule has 0 spiro atoms. The summed E-state index contributed by atoms with van der Waals surface area (Å²) in [6.07, 6.45) is 2.42. The SMILES string of the molecule is Cc1ccc(SCCP(c2ccccc2)c2ccccc2)c(C)c1.Cc1ccc(SCCP(c2ccccc2)c2ccccc2)c(C)c1.F[B-](F)(F)F.F[B-](F)(F)F.[Pt+2]. The van der Waals surface area contributed by atoms with E-state index in [1.54, 1.807) is 0 Å². The van der Waals surface area contributed by atoms with E-state index >= 15 is 0 Å². The van der Waals surface area contributed by atoms with E-state index in [2.05, 4.69) is 185 Å². The summed E-state index contributed by atoms with van der Waals surface area (Å²) in [5, 5.41) is 5.89. The normalized spacial score (nSPS) is 10.9. The molecule has 0 aliphatic heterocycles. The number of halogens is 8. The molecule has 59 heavy (non-hydrogen) atoms. The summed E-state index contributed by atoms with van der Waals surface area (Å²) < 4.78 is 78.0. The van der Waals surface area contributed by atoms with Crippen molar-refractivity contribution in [2.45, 2.75) is 37.5 Å². The third-order valence-corrected chi connectivity index (χ3v) is 16.1. The first-order valence-corrected chi connectivity index (χ1v) is 23.4. The molecule has 0 atom stereocenters. The molecule has 0 aliphatic carbocycles. The summed E-state index contributed by atoms with van der Waals surface area (Å²) in [6, 6.07) is 57.4. The van der Waals surface area contributed by atoms with Crippen molar-refractivity contribution in [3.63, 3.8) is 0 Å². The van der Waals surface area contributed by atoms with Crippen molar-refractivity contribution in [3.8, 4) is 0 Å². The Morgan fingerprint density at radius 2 is 0.627 bits per heavy atom. The molecule has 0 aromatic heterocycles. The summed E-state index contributed by atoms with van der Waals surface area (Å²) >= 11 is 3.98. The second-order valence-corrected chi connectivity index (χ2v) is 19.8. The molecule has 0 heterocycles. The molecular weight excluding hydrogens is 1020 g/mol. The predicted octanol–water partition coefficient (Wildman–Crippen LogP) is 13.7. The van der Waals surface area contributed by atoms with Gasteiger partial charge in [-0.15, -0.1) is 23.5 Å². The molecular formula is C44H46B2F8P2PtS2. The molecule has 0 amide bonds. The first-order chi connectivity index (χ1) is 27.5. The topological polar surface area (TPSA) is 0 Å². The fourth-order valence-corrected chi connectivity index (χ4v) is 13.0. The Bertz CT molecular complexity index is 1810. The van der Waals surface area contributed by atoms with Crippen LogP contribution in [-0.4, -0.2) is 38.3 Å². The maximum absolute atomic E-state index is 9.75. The summed E-state index contributed by atoms with van der Waals surface area (Å²) in [5.74, 6) is 2.30. The largest absolute Gasteiger partial charge is 2.00 e. The van der Waals surface area contributed by atoms with Gasteiger partial charge in [-0.1, -0.05) is 157 Å². The third-order valence-electron chi connectivity index (χ3n) is 8.08. The maximum Gasteiger partial charge on any atom is 2.00 e. The van der Waals surface area contributed by atoms with E-state index in [1.807, 2.05) is 23.5 Å². The van der Waals surface area contributed by atoms with Gasteiger partial charge in [0.1, 0.15) is 0 Å². The van der Waals surface area contributed by atoms with Crippen LogP contribution < -0.4 is 21.2 Å². The van der Waals surface area contributed by atoms with Crippen LogP contribution in [0.2, 0.25) is 0 Å².